The highest BCUT2D eigenvalue weighted by Crippen LogP contribution is 2.26. The summed E-state index contributed by atoms with van der Waals surface area (Å²) in [4.78, 5) is 14.6. The number of carbonyl (C=O) groups is 1. The van der Waals surface area contributed by atoms with Gasteiger partial charge in [-0.05, 0) is 62.7 Å². The van der Waals surface area contributed by atoms with Crippen molar-refractivity contribution in [3.05, 3.63) is 59.4 Å². The van der Waals surface area contributed by atoms with E-state index >= 15 is 0 Å². The predicted octanol–water partition coefficient (Wildman–Crippen LogP) is 3.86. The van der Waals surface area contributed by atoms with E-state index in [4.69, 9.17) is 4.74 Å². The molecule has 1 amide bonds. The number of aryl methyl sites for hydroxylation is 1. The molecule has 1 aliphatic rings. The van der Waals surface area contributed by atoms with Crippen LogP contribution in [0.3, 0.4) is 0 Å². The molecule has 1 fully saturated rings. The normalized spacial score (nSPS) is 15.8. The van der Waals surface area contributed by atoms with Gasteiger partial charge in [0, 0.05) is 30.4 Å². The van der Waals surface area contributed by atoms with Gasteiger partial charge in [0.05, 0.1) is 0 Å². The minimum Gasteiger partial charge on any atom is -0.490 e. The van der Waals surface area contributed by atoms with Gasteiger partial charge < -0.3 is 15.0 Å². The zero-order valence-electron chi connectivity index (χ0n) is 14.6. The Balaban J connectivity index is 1.68. The zero-order chi connectivity index (χ0) is 17.8. The van der Waals surface area contributed by atoms with Gasteiger partial charge in [0.2, 0.25) is 0 Å². The first-order chi connectivity index (χ1) is 12.0. The van der Waals surface area contributed by atoms with Gasteiger partial charge in [0.25, 0.3) is 5.91 Å². The number of piperidine rings is 1. The van der Waals surface area contributed by atoms with Crippen molar-refractivity contribution in [3.63, 3.8) is 0 Å². The largest absolute Gasteiger partial charge is 0.490 e. The van der Waals surface area contributed by atoms with Crippen LogP contribution >= 0.6 is 0 Å². The molecule has 0 radical (unpaired) electrons. The average Bonchev–Trinajstić information content (AvgIpc) is 2.60. The van der Waals surface area contributed by atoms with Gasteiger partial charge in [-0.1, -0.05) is 6.07 Å². The van der Waals surface area contributed by atoms with Crippen LogP contribution in [0, 0.1) is 12.7 Å². The van der Waals surface area contributed by atoms with Crippen LogP contribution in [0.15, 0.2) is 42.5 Å². The Morgan fingerprint density at radius 2 is 1.84 bits per heavy atom. The smallest absolute Gasteiger partial charge is 0.255 e. The van der Waals surface area contributed by atoms with Crippen LogP contribution in [0.4, 0.5) is 10.1 Å². The molecule has 0 aliphatic carbocycles. The molecule has 2 aromatic rings. The SMILES string of the molecule is Cc1ccc(NC(=O)c2ccc(F)cc2)cc1OC1CCN(C)CC1. The number of nitrogens with one attached hydrogen (secondary N) is 1. The highest BCUT2D eigenvalue weighted by Gasteiger charge is 2.19. The summed E-state index contributed by atoms with van der Waals surface area (Å²) >= 11 is 0. The molecule has 0 bridgehead atoms. The summed E-state index contributed by atoms with van der Waals surface area (Å²) in [5.41, 5.74) is 2.13. The molecule has 1 N–H and O–H groups in total. The molecule has 2 aromatic carbocycles. The summed E-state index contributed by atoms with van der Waals surface area (Å²) in [6, 6.07) is 11.1. The van der Waals surface area contributed by atoms with Crippen LogP contribution in [0.1, 0.15) is 28.8 Å². The first-order valence-corrected chi connectivity index (χ1v) is 8.54. The second-order valence-electron chi connectivity index (χ2n) is 6.56. The standard InChI is InChI=1S/C20H23FN2O2/c1-14-3-8-17(22-20(24)15-4-6-16(21)7-5-15)13-19(14)25-18-9-11-23(2)12-10-18/h3-8,13,18H,9-12H2,1-2H3,(H,22,24). The number of halogens is 1. The third-order valence-corrected chi connectivity index (χ3v) is 4.51. The van der Waals surface area contributed by atoms with Crippen molar-refractivity contribution in [2.75, 3.05) is 25.5 Å². The maximum absolute atomic E-state index is 13.0. The molecule has 1 aliphatic heterocycles. The number of rotatable bonds is 4. The van der Waals surface area contributed by atoms with Gasteiger partial charge in [-0.2, -0.15) is 0 Å². The fourth-order valence-corrected chi connectivity index (χ4v) is 2.89. The van der Waals surface area contributed by atoms with Gasteiger partial charge in [-0.25, -0.2) is 4.39 Å². The molecule has 0 spiro atoms. The molecule has 3 rings (SSSR count). The number of anilines is 1. The molecule has 0 atom stereocenters. The summed E-state index contributed by atoms with van der Waals surface area (Å²) in [7, 11) is 2.12. The van der Waals surface area contributed by atoms with Crippen LogP contribution in [-0.2, 0) is 0 Å². The second kappa shape index (κ2) is 7.66. The number of likely N-dealkylation sites (tertiary alicyclic amines) is 1. The number of nitrogens with zero attached hydrogens (tertiary/aromatic N) is 1. The Kier molecular flexibility index (Phi) is 5.34. The van der Waals surface area contributed by atoms with Gasteiger partial charge in [0.1, 0.15) is 17.7 Å². The Bertz CT molecular complexity index is 738. The van der Waals surface area contributed by atoms with Crippen LogP contribution < -0.4 is 10.1 Å². The Morgan fingerprint density at radius 3 is 2.52 bits per heavy atom. The van der Waals surface area contributed by atoms with E-state index in [-0.39, 0.29) is 17.8 Å². The maximum atomic E-state index is 13.0. The van der Waals surface area contributed by atoms with E-state index in [1.807, 2.05) is 25.1 Å². The van der Waals surface area contributed by atoms with Crippen molar-refractivity contribution in [2.24, 2.45) is 0 Å². The number of benzene rings is 2. The van der Waals surface area contributed by atoms with E-state index in [0.29, 0.717) is 11.3 Å². The lowest BCUT2D eigenvalue weighted by Crippen LogP contribution is -2.35. The van der Waals surface area contributed by atoms with Gasteiger partial charge in [0.15, 0.2) is 0 Å². The molecule has 5 heteroatoms. The van der Waals surface area contributed by atoms with E-state index in [1.165, 1.54) is 24.3 Å². The zero-order valence-corrected chi connectivity index (χ0v) is 14.6. The summed E-state index contributed by atoms with van der Waals surface area (Å²) in [6.45, 7) is 4.06. The van der Waals surface area contributed by atoms with Gasteiger partial charge >= 0.3 is 0 Å². The maximum Gasteiger partial charge on any atom is 0.255 e. The molecule has 1 saturated heterocycles. The molecule has 0 saturated carbocycles. The number of carbonyl (C=O) groups excluding carboxylic acids is 1. The van der Waals surface area contributed by atoms with Crippen LogP contribution in [-0.4, -0.2) is 37.0 Å². The lowest BCUT2D eigenvalue weighted by molar-refractivity contribution is 0.102. The monoisotopic (exact) mass is 342 g/mol. The molecular weight excluding hydrogens is 319 g/mol. The number of ether oxygens (including phenoxy) is 1. The van der Waals surface area contributed by atoms with Crippen LogP contribution in [0.2, 0.25) is 0 Å². The summed E-state index contributed by atoms with van der Waals surface area (Å²) in [5.74, 6) is 0.168. The summed E-state index contributed by atoms with van der Waals surface area (Å²) in [5, 5.41) is 2.84. The molecule has 25 heavy (non-hydrogen) atoms. The average molecular weight is 342 g/mol. The number of amides is 1. The van der Waals surface area contributed by atoms with E-state index < -0.39 is 0 Å². The van der Waals surface area contributed by atoms with Crippen molar-refractivity contribution in [1.29, 1.82) is 0 Å². The minimum atomic E-state index is -0.360. The Morgan fingerprint density at radius 1 is 1.16 bits per heavy atom. The van der Waals surface area contributed by atoms with Crippen molar-refractivity contribution in [2.45, 2.75) is 25.9 Å². The first-order valence-electron chi connectivity index (χ1n) is 8.54. The predicted molar refractivity (Wildman–Crippen MR) is 96.7 cm³/mol. The van der Waals surface area contributed by atoms with Crippen molar-refractivity contribution >= 4 is 11.6 Å². The molecule has 0 aromatic heterocycles. The van der Waals surface area contributed by atoms with Crippen LogP contribution in [0.25, 0.3) is 0 Å². The molecule has 4 nitrogen and oxygen atoms in total. The Labute approximate surface area is 147 Å². The lowest BCUT2D eigenvalue weighted by Gasteiger charge is -2.29. The second-order valence-corrected chi connectivity index (χ2v) is 6.56. The molecule has 0 unspecified atom stereocenters. The topological polar surface area (TPSA) is 41.6 Å². The van der Waals surface area contributed by atoms with E-state index in [0.717, 1.165) is 37.2 Å². The third-order valence-electron chi connectivity index (χ3n) is 4.51. The summed E-state index contributed by atoms with van der Waals surface area (Å²) < 4.78 is 19.1. The first kappa shape index (κ1) is 17.4. The van der Waals surface area contributed by atoms with Gasteiger partial charge in [-0.3, -0.25) is 4.79 Å². The minimum absolute atomic E-state index is 0.206. The fraction of sp³-hybridized carbons (Fsp3) is 0.350. The highest BCUT2D eigenvalue weighted by molar-refractivity contribution is 6.04. The third kappa shape index (κ3) is 4.57. The van der Waals surface area contributed by atoms with E-state index in [1.54, 1.807) is 0 Å². The lowest BCUT2D eigenvalue weighted by atomic mass is 10.1. The summed E-state index contributed by atoms with van der Waals surface area (Å²) in [6.07, 6.45) is 2.21. The highest BCUT2D eigenvalue weighted by atomic mass is 19.1. The molecule has 1 heterocycles. The van der Waals surface area contributed by atoms with Crippen LogP contribution in [0.5, 0.6) is 5.75 Å². The fourth-order valence-electron chi connectivity index (χ4n) is 2.89. The number of hydrogen-bond acceptors (Lipinski definition) is 3. The quantitative estimate of drug-likeness (QED) is 0.917. The van der Waals surface area contributed by atoms with Crippen molar-refractivity contribution in [3.8, 4) is 5.75 Å². The van der Waals surface area contributed by atoms with Gasteiger partial charge in [-0.15, -0.1) is 0 Å². The molecular formula is C20H23FN2O2. The Hall–Kier alpha value is -2.40. The van der Waals surface area contributed by atoms with E-state index in [2.05, 4.69) is 17.3 Å². The van der Waals surface area contributed by atoms with Crippen molar-refractivity contribution < 1.29 is 13.9 Å². The van der Waals surface area contributed by atoms with E-state index in [9.17, 15) is 9.18 Å². The van der Waals surface area contributed by atoms with Crippen molar-refractivity contribution in [1.82, 2.24) is 4.90 Å². The number of hydrogen-bond donors (Lipinski definition) is 1. The molecule has 132 valence electrons.